The normalized spacial score (nSPS) is 17.1. The van der Waals surface area contributed by atoms with Crippen LogP contribution in [-0.2, 0) is 18.7 Å². The molecule has 31 heavy (non-hydrogen) atoms. The van der Waals surface area contributed by atoms with Crippen LogP contribution in [0.4, 0.5) is 9.59 Å². The molecule has 0 bridgehead atoms. The van der Waals surface area contributed by atoms with E-state index >= 15 is 0 Å². The molecule has 0 aromatic heterocycles. The molecule has 0 aromatic carbocycles. The average molecular weight is 461 g/mol. The lowest BCUT2D eigenvalue weighted by Crippen LogP contribution is -2.49. The number of amides is 2. The van der Waals surface area contributed by atoms with Crippen LogP contribution in [0.5, 0.6) is 0 Å². The Bertz CT molecular complexity index is 633. The summed E-state index contributed by atoms with van der Waals surface area (Å²) >= 11 is 0. The zero-order valence-electron chi connectivity index (χ0n) is 20.2. The van der Waals surface area contributed by atoms with Gasteiger partial charge in [-0.05, 0) is 57.7 Å². The van der Waals surface area contributed by atoms with Gasteiger partial charge < -0.3 is 29.2 Å². The van der Waals surface area contributed by atoms with Crippen LogP contribution in [0.1, 0.15) is 54.4 Å². The molecule has 0 radical (unpaired) electrons. The maximum atomic E-state index is 12.1. The molecule has 1 atom stereocenters. The Kier molecular flexibility index (Phi) is 9.37. The van der Waals surface area contributed by atoms with Crippen LogP contribution in [-0.4, -0.2) is 74.4 Å². The maximum absolute atomic E-state index is 12.1. The van der Waals surface area contributed by atoms with Gasteiger partial charge in [0.1, 0.15) is 5.60 Å². The second kappa shape index (κ2) is 10.7. The number of ether oxygens (including phenoxy) is 2. The smallest absolute Gasteiger partial charge is 0.410 e. The van der Waals surface area contributed by atoms with E-state index in [2.05, 4.69) is 26.1 Å². The van der Waals surface area contributed by atoms with Crippen molar-refractivity contribution in [3.8, 4) is 0 Å². The van der Waals surface area contributed by atoms with Gasteiger partial charge in [-0.15, -0.1) is 0 Å². The Hall–Kier alpha value is -1.81. The summed E-state index contributed by atoms with van der Waals surface area (Å²) in [5.74, 6) is -1.06. The third-order valence-corrected chi connectivity index (χ3v) is 10.2. The number of hydrogen-bond acceptors (Lipinski definition) is 6. The fraction of sp³-hybridized carbons (Fsp3) is 0.857. The monoisotopic (exact) mass is 460 g/mol. The molecule has 1 unspecified atom stereocenters. The zero-order chi connectivity index (χ0) is 24.0. The number of hydrogen-bond donors (Lipinski definition) is 2. The fourth-order valence-electron chi connectivity index (χ4n) is 2.67. The minimum absolute atomic E-state index is 0.0648. The van der Waals surface area contributed by atoms with Crippen molar-refractivity contribution >= 4 is 26.5 Å². The number of nitrogens with zero attached hydrogens (tertiary/aromatic N) is 1. The summed E-state index contributed by atoms with van der Waals surface area (Å²) in [5.41, 5.74) is -0.538. The van der Waals surface area contributed by atoms with Crippen molar-refractivity contribution in [2.24, 2.45) is 5.92 Å². The highest BCUT2D eigenvalue weighted by Crippen LogP contribution is 2.36. The number of piperidine rings is 1. The molecule has 1 rings (SSSR count). The number of rotatable bonds is 7. The first-order valence-electron chi connectivity index (χ1n) is 10.8. The molecule has 2 amide bonds. The van der Waals surface area contributed by atoms with Gasteiger partial charge in [0, 0.05) is 13.1 Å². The molecule has 1 fully saturated rings. The second-order valence-electron chi connectivity index (χ2n) is 10.6. The molecule has 1 heterocycles. The van der Waals surface area contributed by atoms with E-state index < -0.39 is 32.0 Å². The number of aliphatic carboxylic acids is 1. The van der Waals surface area contributed by atoms with Crippen molar-refractivity contribution in [1.82, 2.24) is 10.2 Å². The summed E-state index contributed by atoms with van der Waals surface area (Å²) in [7, 11) is -2.14. The van der Waals surface area contributed by atoms with E-state index in [0.717, 1.165) is 0 Å². The van der Waals surface area contributed by atoms with Crippen LogP contribution in [0, 0.1) is 5.92 Å². The number of carboxylic acid groups (broad SMARTS) is 1. The minimum atomic E-state index is -2.14. The molecule has 1 saturated heterocycles. The topological polar surface area (TPSA) is 114 Å². The Morgan fingerprint density at radius 3 is 2.10 bits per heavy atom. The first-order valence-corrected chi connectivity index (χ1v) is 13.7. The Labute approximate surface area is 186 Å². The summed E-state index contributed by atoms with van der Waals surface area (Å²) in [4.78, 5) is 37.4. The van der Waals surface area contributed by atoms with Gasteiger partial charge in [-0.1, -0.05) is 20.8 Å². The molecule has 0 spiro atoms. The van der Waals surface area contributed by atoms with E-state index in [0.29, 0.717) is 25.9 Å². The number of alkyl carbamates (subject to hydrolysis) is 1. The largest absolute Gasteiger partial charge is 0.480 e. The summed E-state index contributed by atoms with van der Waals surface area (Å²) < 4.78 is 16.5. The van der Waals surface area contributed by atoms with Crippen LogP contribution in [0.3, 0.4) is 0 Å². The van der Waals surface area contributed by atoms with E-state index in [9.17, 15) is 19.5 Å². The highest BCUT2D eigenvalue weighted by molar-refractivity contribution is 6.74. The van der Waals surface area contributed by atoms with Gasteiger partial charge in [-0.2, -0.15) is 0 Å². The van der Waals surface area contributed by atoms with Crippen molar-refractivity contribution in [2.45, 2.75) is 84.2 Å². The molecule has 0 aromatic rings. The number of likely N-dealkylation sites (tertiary alicyclic amines) is 1. The first kappa shape index (κ1) is 27.2. The number of carbonyl (C=O) groups excluding carboxylic acids is 2. The van der Waals surface area contributed by atoms with Crippen LogP contribution in [0.2, 0.25) is 18.1 Å². The number of carbonyl (C=O) groups is 3. The molecule has 0 aliphatic carbocycles. The van der Waals surface area contributed by atoms with E-state index in [4.69, 9.17) is 13.9 Å². The SMILES string of the molecule is CC(C)(C)OC(=O)N1CCC(COC(=O)NC(CO[Si](C)(C)C(C)(C)C)C(=O)O)CC1. The highest BCUT2D eigenvalue weighted by Gasteiger charge is 2.38. The summed E-state index contributed by atoms with van der Waals surface area (Å²) in [6.07, 6.45) is 0.253. The molecule has 10 heteroatoms. The van der Waals surface area contributed by atoms with Crippen LogP contribution in [0.25, 0.3) is 0 Å². The standard InChI is InChI=1S/C21H40N2O7Si/c1-20(2,3)30-19(27)23-11-9-15(10-12-23)13-28-18(26)22-16(17(24)25)14-29-31(7,8)21(4,5)6/h15-16H,9-14H2,1-8H3,(H,22,26)(H,24,25). The van der Waals surface area contributed by atoms with Crippen molar-refractivity contribution in [3.05, 3.63) is 0 Å². The van der Waals surface area contributed by atoms with Crippen LogP contribution < -0.4 is 5.32 Å². The molecule has 1 aliphatic heterocycles. The molecular weight excluding hydrogens is 420 g/mol. The maximum Gasteiger partial charge on any atom is 0.410 e. The lowest BCUT2D eigenvalue weighted by Gasteiger charge is -2.36. The van der Waals surface area contributed by atoms with Crippen molar-refractivity contribution < 1.29 is 33.4 Å². The number of nitrogens with one attached hydrogen (secondary N) is 1. The van der Waals surface area contributed by atoms with Gasteiger partial charge in [-0.3, -0.25) is 0 Å². The van der Waals surface area contributed by atoms with Crippen LogP contribution >= 0.6 is 0 Å². The Balaban J connectivity index is 2.43. The summed E-state index contributed by atoms with van der Waals surface area (Å²) in [6.45, 7) is 16.8. The predicted molar refractivity (Wildman–Crippen MR) is 120 cm³/mol. The average Bonchev–Trinajstić information content (AvgIpc) is 2.61. The lowest BCUT2D eigenvalue weighted by atomic mass is 9.98. The minimum Gasteiger partial charge on any atom is -0.480 e. The van der Waals surface area contributed by atoms with E-state index in [1.54, 1.807) is 4.90 Å². The van der Waals surface area contributed by atoms with E-state index in [1.165, 1.54) is 0 Å². The van der Waals surface area contributed by atoms with Gasteiger partial charge in [0.2, 0.25) is 0 Å². The fourth-order valence-corrected chi connectivity index (χ4v) is 3.69. The van der Waals surface area contributed by atoms with Gasteiger partial charge in [0.15, 0.2) is 14.4 Å². The third-order valence-electron chi connectivity index (χ3n) is 5.72. The quantitative estimate of drug-likeness (QED) is 0.555. The van der Waals surface area contributed by atoms with Gasteiger partial charge in [0.05, 0.1) is 13.2 Å². The van der Waals surface area contributed by atoms with Gasteiger partial charge in [0.25, 0.3) is 0 Å². The third kappa shape index (κ3) is 9.47. The van der Waals surface area contributed by atoms with Crippen molar-refractivity contribution in [2.75, 3.05) is 26.3 Å². The molecular formula is C21H40N2O7Si. The van der Waals surface area contributed by atoms with Gasteiger partial charge in [-0.25, -0.2) is 14.4 Å². The molecule has 180 valence electrons. The molecule has 9 nitrogen and oxygen atoms in total. The zero-order valence-corrected chi connectivity index (χ0v) is 21.2. The number of carboxylic acids is 1. The Morgan fingerprint density at radius 1 is 1.10 bits per heavy atom. The van der Waals surface area contributed by atoms with Crippen molar-refractivity contribution in [3.63, 3.8) is 0 Å². The highest BCUT2D eigenvalue weighted by atomic mass is 28.4. The second-order valence-corrected chi connectivity index (χ2v) is 15.4. The van der Waals surface area contributed by atoms with E-state index in [1.807, 2.05) is 33.9 Å². The van der Waals surface area contributed by atoms with Crippen LogP contribution in [0.15, 0.2) is 0 Å². The molecule has 0 saturated carbocycles. The van der Waals surface area contributed by atoms with E-state index in [-0.39, 0.29) is 30.3 Å². The summed E-state index contributed by atoms with van der Waals surface area (Å²) in [5, 5.41) is 11.7. The summed E-state index contributed by atoms with van der Waals surface area (Å²) in [6, 6.07) is -1.17. The molecule has 1 aliphatic rings. The van der Waals surface area contributed by atoms with Crippen molar-refractivity contribution in [1.29, 1.82) is 0 Å². The predicted octanol–water partition coefficient (Wildman–Crippen LogP) is 3.83. The lowest BCUT2D eigenvalue weighted by molar-refractivity contribution is -0.140. The Morgan fingerprint density at radius 2 is 1.65 bits per heavy atom. The first-order chi connectivity index (χ1) is 14.0. The molecule has 2 N–H and O–H groups in total. The van der Waals surface area contributed by atoms with Gasteiger partial charge >= 0.3 is 18.2 Å².